The first-order valence-corrected chi connectivity index (χ1v) is 5.67. The van der Waals surface area contributed by atoms with E-state index in [-0.39, 0.29) is 6.04 Å². The largest absolute Gasteiger partial charge is 0.320 e. The highest BCUT2D eigenvalue weighted by molar-refractivity contribution is 6.29. The second-order valence-electron chi connectivity index (χ2n) is 3.58. The van der Waals surface area contributed by atoms with Crippen molar-refractivity contribution in [1.82, 2.24) is 30.5 Å². The van der Waals surface area contributed by atoms with Crippen LogP contribution >= 0.6 is 11.6 Å². The van der Waals surface area contributed by atoms with Crippen LogP contribution in [0, 0.1) is 0 Å². The van der Waals surface area contributed by atoms with Crippen molar-refractivity contribution in [3.05, 3.63) is 35.4 Å². The predicted octanol–water partition coefficient (Wildman–Crippen LogP) is 0.920. The maximum absolute atomic E-state index is 5.77. The van der Waals surface area contributed by atoms with Crippen LogP contribution < -0.4 is 5.32 Å². The molecular weight excluding hydrogens is 240 g/mol. The van der Waals surface area contributed by atoms with Crippen LogP contribution in [-0.4, -0.2) is 38.8 Å². The number of rotatable bonds is 5. The molecule has 2 rings (SSSR count). The Hall–Kier alpha value is -1.53. The molecule has 0 spiro atoms. The fourth-order valence-electron chi connectivity index (χ4n) is 1.60. The smallest absolute Gasteiger partial charge is 0.162 e. The Morgan fingerprint density at radius 1 is 1.47 bits per heavy atom. The standard InChI is InChI=1S/C10H13ClN6/c1-12-5-4-9(17-15-7-14-16-17)8-2-3-10(11)13-6-8/h2-3,6-7,9,12H,4-5H2,1H3. The van der Waals surface area contributed by atoms with Crippen molar-refractivity contribution in [2.75, 3.05) is 13.6 Å². The minimum Gasteiger partial charge on any atom is -0.320 e. The summed E-state index contributed by atoms with van der Waals surface area (Å²) in [5, 5.41) is 15.3. The van der Waals surface area contributed by atoms with E-state index in [2.05, 4.69) is 25.7 Å². The molecule has 0 aliphatic carbocycles. The third kappa shape index (κ3) is 2.98. The van der Waals surface area contributed by atoms with Crippen LogP contribution in [0.4, 0.5) is 0 Å². The average Bonchev–Trinajstić information content (AvgIpc) is 2.85. The Balaban J connectivity index is 2.23. The molecule has 17 heavy (non-hydrogen) atoms. The van der Waals surface area contributed by atoms with Gasteiger partial charge >= 0.3 is 0 Å². The highest BCUT2D eigenvalue weighted by atomic mass is 35.5. The van der Waals surface area contributed by atoms with Gasteiger partial charge in [-0.3, -0.25) is 0 Å². The third-order valence-electron chi connectivity index (χ3n) is 2.45. The van der Waals surface area contributed by atoms with Gasteiger partial charge in [-0.1, -0.05) is 17.7 Å². The van der Waals surface area contributed by atoms with Crippen molar-refractivity contribution in [2.24, 2.45) is 0 Å². The van der Waals surface area contributed by atoms with Gasteiger partial charge in [0, 0.05) is 6.20 Å². The first-order chi connectivity index (χ1) is 8.31. The van der Waals surface area contributed by atoms with Crippen molar-refractivity contribution in [2.45, 2.75) is 12.5 Å². The maximum atomic E-state index is 5.77. The lowest BCUT2D eigenvalue weighted by Gasteiger charge is -2.15. The second-order valence-corrected chi connectivity index (χ2v) is 3.97. The molecule has 0 aliphatic heterocycles. The molecule has 0 radical (unpaired) electrons. The van der Waals surface area contributed by atoms with Gasteiger partial charge < -0.3 is 5.32 Å². The van der Waals surface area contributed by atoms with Gasteiger partial charge in [0.1, 0.15) is 11.2 Å². The number of hydrogen-bond acceptors (Lipinski definition) is 5. The van der Waals surface area contributed by atoms with Gasteiger partial charge in [0.15, 0.2) is 6.33 Å². The highest BCUT2D eigenvalue weighted by Gasteiger charge is 2.15. The number of aromatic nitrogens is 5. The Morgan fingerprint density at radius 2 is 2.35 bits per heavy atom. The van der Waals surface area contributed by atoms with E-state index in [0.29, 0.717) is 5.15 Å². The predicted molar refractivity (Wildman–Crippen MR) is 63.7 cm³/mol. The van der Waals surface area contributed by atoms with E-state index in [9.17, 15) is 0 Å². The van der Waals surface area contributed by atoms with E-state index in [1.54, 1.807) is 17.1 Å². The van der Waals surface area contributed by atoms with Crippen molar-refractivity contribution in [3.63, 3.8) is 0 Å². The summed E-state index contributed by atoms with van der Waals surface area (Å²) in [7, 11) is 1.91. The summed E-state index contributed by atoms with van der Waals surface area (Å²) >= 11 is 5.77. The van der Waals surface area contributed by atoms with E-state index in [1.165, 1.54) is 6.33 Å². The summed E-state index contributed by atoms with van der Waals surface area (Å²) in [5.41, 5.74) is 1.02. The van der Waals surface area contributed by atoms with Crippen LogP contribution in [0.2, 0.25) is 5.15 Å². The molecule has 0 amide bonds. The number of pyridine rings is 1. The summed E-state index contributed by atoms with van der Waals surface area (Å²) in [6, 6.07) is 3.72. The lowest BCUT2D eigenvalue weighted by atomic mass is 10.1. The molecule has 0 fully saturated rings. The number of nitrogens with one attached hydrogen (secondary N) is 1. The summed E-state index contributed by atoms with van der Waals surface area (Å²) in [6.45, 7) is 0.856. The fraction of sp³-hybridized carbons (Fsp3) is 0.400. The molecule has 2 aromatic rings. The number of hydrogen-bond donors (Lipinski definition) is 1. The zero-order valence-electron chi connectivity index (χ0n) is 9.41. The molecule has 1 atom stereocenters. The topological polar surface area (TPSA) is 68.5 Å². The average molecular weight is 253 g/mol. The molecule has 1 N–H and O–H groups in total. The maximum Gasteiger partial charge on any atom is 0.162 e. The molecule has 2 heterocycles. The van der Waals surface area contributed by atoms with Gasteiger partial charge in [0.2, 0.25) is 0 Å². The Labute approximate surface area is 104 Å². The molecule has 0 aromatic carbocycles. The lowest BCUT2D eigenvalue weighted by molar-refractivity contribution is 0.421. The summed E-state index contributed by atoms with van der Waals surface area (Å²) in [6.07, 6.45) is 4.03. The molecule has 7 heteroatoms. The van der Waals surface area contributed by atoms with E-state index >= 15 is 0 Å². The van der Waals surface area contributed by atoms with Crippen molar-refractivity contribution >= 4 is 11.6 Å². The SMILES string of the molecule is CNCCC(c1ccc(Cl)nc1)n1ncnn1. The summed E-state index contributed by atoms with van der Waals surface area (Å²) < 4.78 is 0. The van der Waals surface area contributed by atoms with Gasteiger partial charge in [0.05, 0.1) is 0 Å². The summed E-state index contributed by atoms with van der Waals surface area (Å²) in [5.74, 6) is 0. The van der Waals surface area contributed by atoms with Gasteiger partial charge in [-0.25, -0.2) is 4.98 Å². The molecule has 6 nitrogen and oxygen atoms in total. The van der Waals surface area contributed by atoms with Crippen LogP contribution in [-0.2, 0) is 0 Å². The Bertz CT molecular complexity index is 440. The third-order valence-corrected chi connectivity index (χ3v) is 2.67. The van der Waals surface area contributed by atoms with Crippen LogP contribution in [0.5, 0.6) is 0 Å². The van der Waals surface area contributed by atoms with Gasteiger partial charge in [-0.15, -0.1) is 10.2 Å². The van der Waals surface area contributed by atoms with Crippen molar-refractivity contribution in [1.29, 1.82) is 0 Å². The molecule has 2 aromatic heterocycles. The molecule has 0 saturated carbocycles. The summed E-state index contributed by atoms with van der Waals surface area (Å²) in [4.78, 5) is 5.66. The molecule has 0 bridgehead atoms. The van der Waals surface area contributed by atoms with E-state index in [0.717, 1.165) is 18.5 Å². The lowest BCUT2D eigenvalue weighted by Crippen LogP contribution is -2.20. The van der Waals surface area contributed by atoms with Crippen LogP contribution in [0.1, 0.15) is 18.0 Å². The van der Waals surface area contributed by atoms with Crippen LogP contribution in [0.15, 0.2) is 24.7 Å². The molecule has 90 valence electrons. The van der Waals surface area contributed by atoms with Gasteiger partial charge in [-0.2, -0.15) is 4.80 Å². The number of nitrogens with zero attached hydrogens (tertiary/aromatic N) is 5. The quantitative estimate of drug-likeness (QED) is 0.802. The normalized spacial score (nSPS) is 12.6. The molecular formula is C10H13ClN6. The van der Waals surface area contributed by atoms with Crippen molar-refractivity contribution < 1.29 is 0 Å². The van der Waals surface area contributed by atoms with Crippen molar-refractivity contribution in [3.8, 4) is 0 Å². The van der Waals surface area contributed by atoms with Crippen LogP contribution in [0.25, 0.3) is 0 Å². The zero-order valence-corrected chi connectivity index (χ0v) is 10.2. The number of halogens is 1. The monoisotopic (exact) mass is 252 g/mol. The van der Waals surface area contributed by atoms with Gasteiger partial charge in [-0.05, 0) is 36.9 Å². The van der Waals surface area contributed by atoms with Gasteiger partial charge in [0.25, 0.3) is 0 Å². The first-order valence-electron chi connectivity index (χ1n) is 5.30. The minimum absolute atomic E-state index is 0.0229. The molecule has 1 unspecified atom stereocenters. The minimum atomic E-state index is 0.0229. The Kier molecular flexibility index (Phi) is 4.00. The second kappa shape index (κ2) is 5.70. The molecule has 0 saturated heterocycles. The highest BCUT2D eigenvalue weighted by Crippen LogP contribution is 2.19. The first kappa shape index (κ1) is 11.9. The Morgan fingerprint density at radius 3 is 2.94 bits per heavy atom. The zero-order chi connectivity index (χ0) is 12.1. The van der Waals surface area contributed by atoms with Crippen LogP contribution in [0.3, 0.4) is 0 Å². The van der Waals surface area contributed by atoms with E-state index in [1.807, 2.05) is 13.1 Å². The van der Waals surface area contributed by atoms with E-state index < -0.39 is 0 Å². The number of tetrazole rings is 1. The van der Waals surface area contributed by atoms with E-state index in [4.69, 9.17) is 11.6 Å². The fourth-order valence-corrected chi connectivity index (χ4v) is 1.71. The molecule has 0 aliphatic rings.